The van der Waals surface area contributed by atoms with Crippen LogP contribution >= 0.6 is 0 Å². The van der Waals surface area contributed by atoms with Crippen LogP contribution in [0.15, 0.2) is 85.2 Å². The number of halogens is 2. The fourth-order valence-corrected chi connectivity index (χ4v) is 4.36. The van der Waals surface area contributed by atoms with Crippen molar-refractivity contribution >= 4 is 5.91 Å². The smallest absolute Gasteiger partial charge is 0.243 e. The van der Waals surface area contributed by atoms with Gasteiger partial charge < -0.3 is 5.32 Å². The minimum absolute atomic E-state index is 0.00225. The molecule has 1 aliphatic carbocycles. The number of aromatic nitrogens is 1. The summed E-state index contributed by atoms with van der Waals surface area (Å²) in [4.78, 5) is 16.4. The third-order valence-corrected chi connectivity index (χ3v) is 6.09. The van der Waals surface area contributed by atoms with Gasteiger partial charge in [-0.05, 0) is 84.7 Å². The fraction of sp³-hybridized carbons (Fsp3) is 0.259. The largest absolute Gasteiger partial charge is 0.353 e. The molecule has 1 amide bonds. The SMILES string of the molecule is O=C(/C=C/C1CC1(c1cccc(F)c1)c1cccc(F)c1)NCCCCc1cccnc1. The van der Waals surface area contributed by atoms with Crippen LogP contribution in [0.2, 0.25) is 0 Å². The Morgan fingerprint density at radius 3 is 2.38 bits per heavy atom. The molecule has 0 radical (unpaired) electrons. The molecule has 0 aliphatic heterocycles. The van der Waals surface area contributed by atoms with Gasteiger partial charge in [0.15, 0.2) is 0 Å². The van der Waals surface area contributed by atoms with E-state index in [1.165, 1.54) is 29.8 Å². The molecule has 1 N–H and O–H groups in total. The molecule has 3 aromatic rings. The summed E-state index contributed by atoms with van der Waals surface area (Å²) in [6, 6.07) is 16.8. The van der Waals surface area contributed by atoms with Crippen LogP contribution in [0.3, 0.4) is 0 Å². The van der Waals surface area contributed by atoms with Crippen LogP contribution < -0.4 is 5.32 Å². The summed E-state index contributed by atoms with van der Waals surface area (Å²) in [5.41, 5.74) is 2.28. The van der Waals surface area contributed by atoms with Gasteiger partial charge in [0.2, 0.25) is 5.91 Å². The Morgan fingerprint density at radius 2 is 1.75 bits per heavy atom. The summed E-state index contributed by atoms with van der Waals surface area (Å²) in [6.45, 7) is 0.604. The van der Waals surface area contributed by atoms with Gasteiger partial charge in [-0.1, -0.05) is 36.4 Å². The Kier molecular flexibility index (Phi) is 6.74. The molecule has 0 spiro atoms. The highest BCUT2D eigenvalue weighted by Crippen LogP contribution is 2.59. The van der Waals surface area contributed by atoms with E-state index in [1.807, 2.05) is 36.5 Å². The molecule has 3 nitrogen and oxygen atoms in total. The van der Waals surface area contributed by atoms with Gasteiger partial charge in [0.05, 0.1) is 0 Å². The van der Waals surface area contributed by atoms with Crippen LogP contribution in [0.5, 0.6) is 0 Å². The maximum absolute atomic E-state index is 13.9. The molecule has 1 unspecified atom stereocenters. The van der Waals surface area contributed by atoms with Gasteiger partial charge in [-0.25, -0.2) is 8.78 Å². The van der Waals surface area contributed by atoms with E-state index >= 15 is 0 Å². The quantitative estimate of drug-likeness (QED) is 0.365. The second-order valence-electron chi connectivity index (χ2n) is 8.27. The predicted molar refractivity (Wildman–Crippen MR) is 121 cm³/mol. The maximum atomic E-state index is 13.9. The third-order valence-electron chi connectivity index (χ3n) is 6.09. The number of benzene rings is 2. The van der Waals surface area contributed by atoms with Crippen molar-refractivity contribution in [3.05, 3.63) is 114 Å². The summed E-state index contributed by atoms with van der Waals surface area (Å²) in [5.74, 6) is -0.790. The molecular formula is C27H26F2N2O. The van der Waals surface area contributed by atoms with Gasteiger partial charge in [-0.3, -0.25) is 9.78 Å². The molecule has 2 aromatic carbocycles. The highest BCUT2D eigenvalue weighted by Gasteiger charge is 2.55. The summed E-state index contributed by atoms with van der Waals surface area (Å²) >= 11 is 0. The molecule has 4 rings (SSSR count). The number of pyridine rings is 1. The van der Waals surface area contributed by atoms with E-state index in [-0.39, 0.29) is 23.5 Å². The number of nitrogens with one attached hydrogen (secondary N) is 1. The van der Waals surface area contributed by atoms with Crippen LogP contribution in [-0.2, 0) is 16.6 Å². The second-order valence-corrected chi connectivity index (χ2v) is 8.27. The number of rotatable bonds is 9. The fourth-order valence-electron chi connectivity index (χ4n) is 4.36. The van der Waals surface area contributed by atoms with E-state index in [9.17, 15) is 13.6 Å². The highest BCUT2D eigenvalue weighted by molar-refractivity contribution is 5.87. The van der Waals surface area contributed by atoms with E-state index in [0.29, 0.717) is 13.0 Å². The van der Waals surface area contributed by atoms with Gasteiger partial charge in [0.1, 0.15) is 11.6 Å². The molecule has 0 saturated heterocycles. The molecule has 0 bridgehead atoms. The number of amides is 1. The Balaban J connectivity index is 1.35. The zero-order valence-corrected chi connectivity index (χ0v) is 17.8. The molecule has 1 heterocycles. The summed E-state index contributed by atoms with van der Waals surface area (Å²) in [7, 11) is 0. The molecule has 5 heteroatoms. The van der Waals surface area contributed by atoms with Gasteiger partial charge >= 0.3 is 0 Å². The number of allylic oxidation sites excluding steroid dienone is 1. The average molecular weight is 433 g/mol. The first kappa shape index (κ1) is 21.9. The molecule has 1 aromatic heterocycles. The number of aryl methyl sites for hydroxylation is 1. The van der Waals surface area contributed by atoms with E-state index < -0.39 is 5.41 Å². The number of carbonyl (C=O) groups is 1. The van der Waals surface area contributed by atoms with Gasteiger partial charge in [0, 0.05) is 24.4 Å². The summed E-state index contributed by atoms with van der Waals surface area (Å²) in [6.07, 6.45) is 10.5. The number of nitrogens with zero attached hydrogens (tertiary/aromatic N) is 1. The first-order chi connectivity index (χ1) is 15.6. The molecule has 1 fully saturated rings. The molecule has 1 saturated carbocycles. The topological polar surface area (TPSA) is 42.0 Å². The number of carbonyl (C=O) groups excluding carboxylic acids is 1. The molecule has 1 atom stereocenters. The lowest BCUT2D eigenvalue weighted by molar-refractivity contribution is -0.116. The Morgan fingerprint density at radius 1 is 1.03 bits per heavy atom. The van der Waals surface area contributed by atoms with E-state index in [1.54, 1.807) is 24.4 Å². The third kappa shape index (κ3) is 5.10. The average Bonchev–Trinajstić information content (AvgIpc) is 3.54. The van der Waals surface area contributed by atoms with Crippen LogP contribution in [-0.4, -0.2) is 17.4 Å². The Hall–Kier alpha value is -3.34. The van der Waals surface area contributed by atoms with Crippen molar-refractivity contribution in [2.45, 2.75) is 31.1 Å². The van der Waals surface area contributed by atoms with Crippen molar-refractivity contribution in [3.63, 3.8) is 0 Å². The minimum Gasteiger partial charge on any atom is -0.353 e. The van der Waals surface area contributed by atoms with Crippen LogP contribution in [0.4, 0.5) is 8.78 Å². The number of hydrogen-bond acceptors (Lipinski definition) is 2. The molecule has 164 valence electrons. The zero-order valence-electron chi connectivity index (χ0n) is 17.8. The van der Waals surface area contributed by atoms with Crippen molar-refractivity contribution in [3.8, 4) is 0 Å². The van der Waals surface area contributed by atoms with Crippen LogP contribution in [0.1, 0.15) is 36.0 Å². The first-order valence-electron chi connectivity index (χ1n) is 10.9. The number of hydrogen-bond donors (Lipinski definition) is 1. The van der Waals surface area contributed by atoms with Crippen molar-refractivity contribution in [2.75, 3.05) is 6.54 Å². The standard InChI is InChI=1S/C27H26F2N2O/c28-24-10-3-8-21(16-24)27(22-9-4-11-25(29)17-22)18-23(27)12-13-26(32)31-15-2-1-6-20-7-5-14-30-19-20/h3-5,7-14,16-17,19,23H,1-2,6,15,18H2,(H,31,32)/b13-12+. The van der Waals surface area contributed by atoms with Gasteiger partial charge in [-0.2, -0.15) is 0 Å². The lowest BCUT2D eigenvalue weighted by Crippen LogP contribution is -2.22. The summed E-state index contributed by atoms with van der Waals surface area (Å²) < 4.78 is 27.8. The Bertz CT molecular complexity index is 1050. The maximum Gasteiger partial charge on any atom is 0.243 e. The van der Waals surface area contributed by atoms with Crippen molar-refractivity contribution in [1.29, 1.82) is 0 Å². The van der Waals surface area contributed by atoms with Crippen LogP contribution in [0.25, 0.3) is 0 Å². The van der Waals surface area contributed by atoms with Gasteiger partial charge in [-0.15, -0.1) is 0 Å². The molecule has 1 aliphatic rings. The highest BCUT2D eigenvalue weighted by atomic mass is 19.1. The monoisotopic (exact) mass is 432 g/mol. The summed E-state index contributed by atoms with van der Waals surface area (Å²) in [5, 5.41) is 2.92. The van der Waals surface area contributed by atoms with Gasteiger partial charge in [0.25, 0.3) is 0 Å². The lowest BCUT2D eigenvalue weighted by Gasteiger charge is -2.18. The lowest BCUT2D eigenvalue weighted by atomic mass is 9.85. The van der Waals surface area contributed by atoms with E-state index in [2.05, 4.69) is 10.3 Å². The van der Waals surface area contributed by atoms with Crippen molar-refractivity contribution in [1.82, 2.24) is 10.3 Å². The van der Waals surface area contributed by atoms with E-state index in [0.717, 1.165) is 30.4 Å². The van der Waals surface area contributed by atoms with Crippen molar-refractivity contribution < 1.29 is 13.6 Å². The molecule has 32 heavy (non-hydrogen) atoms. The van der Waals surface area contributed by atoms with Crippen molar-refractivity contribution in [2.24, 2.45) is 5.92 Å². The zero-order chi connectivity index (χ0) is 22.4. The molecular weight excluding hydrogens is 406 g/mol. The first-order valence-corrected chi connectivity index (χ1v) is 10.9. The predicted octanol–water partition coefficient (Wildman–Crippen LogP) is 5.36. The second kappa shape index (κ2) is 9.86. The minimum atomic E-state index is -0.509. The number of unbranched alkanes of at least 4 members (excludes halogenated alkanes) is 1. The normalized spacial score (nSPS) is 16.8. The van der Waals surface area contributed by atoms with E-state index in [4.69, 9.17) is 0 Å². The van der Waals surface area contributed by atoms with Crippen LogP contribution in [0, 0.1) is 17.6 Å². The Labute approximate surface area is 187 Å².